The molecule has 0 aliphatic rings. The largest absolute Gasteiger partial charge is 0.383 e. The molecule has 5 heteroatoms. The summed E-state index contributed by atoms with van der Waals surface area (Å²) in [6, 6.07) is 8.06. The Morgan fingerprint density at radius 1 is 1.40 bits per heavy atom. The summed E-state index contributed by atoms with van der Waals surface area (Å²) in [5, 5.41) is 11.4. The van der Waals surface area contributed by atoms with Crippen molar-refractivity contribution in [2.24, 2.45) is 0 Å². The fourth-order valence-corrected chi connectivity index (χ4v) is 3.09. The van der Waals surface area contributed by atoms with Gasteiger partial charge in [0, 0.05) is 28.4 Å². The molecule has 0 spiro atoms. The number of rotatable bonds is 2. The van der Waals surface area contributed by atoms with Crippen molar-refractivity contribution in [2.75, 3.05) is 5.73 Å². The molecule has 0 atom stereocenters. The van der Waals surface area contributed by atoms with Crippen molar-refractivity contribution >= 4 is 17.2 Å². The maximum atomic E-state index is 9.34. The molecule has 3 rings (SSSR count). The molecule has 3 aromatic rings. The number of aryl methyl sites for hydroxylation is 1. The van der Waals surface area contributed by atoms with Crippen LogP contribution in [-0.2, 0) is 0 Å². The lowest BCUT2D eigenvalue weighted by Gasteiger charge is -2.08. The summed E-state index contributed by atoms with van der Waals surface area (Å²) < 4.78 is 0. The van der Waals surface area contributed by atoms with Crippen LogP contribution in [0.3, 0.4) is 0 Å². The number of nitrogens with one attached hydrogen (secondary N) is 1. The van der Waals surface area contributed by atoms with E-state index in [-0.39, 0.29) is 5.82 Å². The van der Waals surface area contributed by atoms with Crippen LogP contribution in [-0.4, -0.2) is 9.97 Å². The second-order valence-electron chi connectivity index (χ2n) is 4.46. The minimum absolute atomic E-state index is 0.272. The molecule has 3 heterocycles. The average molecular weight is 280 g/mol. The Morgan fingerprint density at radius 2 is 2.25 bits per heavy atom. The van der Waals surface area contributed by atoms with Gasteiger partial charge in [-0.2, -0.15) is 5.26 Å². The fourth-order valence-electron chi connectivity index (χ4n) is 2.14. The van der Waals surface area contributed by atoms with Crippen molar-refractivity contribution in [2.45, 2.75) is 6.92 Å². The Hall–Kier alpha value is -2.58. The SMILES string of the molecule is Cc1ccsc1-c1cc(-c2cc[nH]c2)nc(N)c1C#N. The van der Waals surface area contributed by atoms with Crippen molar-refractivity contribution in [3.05, 3.63) is 47.1 Å². The number of anilines is 1. The summed E-state index contributed by atoms with van der Waals surface area (Å²) in [5.41, 5.74) is 10.1. The maximum Gasteiger partial charge on any atom is 0.142 e. The highest BCUT2D eigenvalue weighted by Crippen LogP contribution is 2.35. The van der Waals surface area contributed by atoms with Crippen molar-refractivity contribution in [1.82, 2.24) is 9.97 Å². The maximum absolute atomic E-state index is 9.34. The molecule has 0 fully saturated rings. The average Bonchev–Trinajstić information content (AvgIpc) is 3.08. The summed E-state index contributed by atoms with van der Waals surface area (Å²) in [4.78, 5) is 8.39. The summed E-state index contributed by atoms with van der Waals surface area (Å²) in [7, 11) is 0. The van der Waals surface area contributed by atoms with E-state index in [0.29, 0.717) is 5.56 Å². The van der Waals surface area contributed by atoms with E-state index >= 15 is 0 Å². The van der Waals surface area contributed by atoms with E-state index in [1.54, 1.807) is 11.3 Å². The lowest BCUT2D eigenvalue weighted by molar-refractivity contribution is 1.31. The number of hydrogen-bond donors (Lipinski definition) is 2. The van der Waals surface area contributed by atoms with E-state index in [0.717, 1.165) is 27.3 Å². The second-order valence-corrected chi connectivity index (χ2v) is 5.38. The molecule has 0 amide bonds. The highest BCUT2D eigenvalue weighted by Gasteiger charge is 2.15. The highest BCUT2D eigenvalue weighted by atomic mass is 32.1. The zero-order valence-electron chi connectivity index (χ0n) is 10.8. The predicted octanol–water partition coefficient (Wildman–Crippen LogP) is 3.57. The van der Waals surface area contributed by atoms with Gasteiger partial charge in [-0.05, 0) is 36.1 Å². The van der Waals surface area contributed by atoms with Gasteiger partial charge < -0.3 is 10.7 Å². The third kappa shape index (κ3) is 1.96. The van der Waals surface area contributed by atoms with Gasteiger partial charge in [0.05, 0.1) is 5.69 Å². The molecule has 0 aromatic carbocycles. The van der Waals surface area contributed by atoms with Crippen molar-refractivity contribution in [1.29, 1.82) is 5.26 Å². The molecule has 0 radical (unpaired) electrons. The van der Waals surface area contributed by atoms with Crippen LogP contribution < -0.4 is 5.73 Å². The van der Waals surface area contributed by atoms with Crippen LogP contribution in [0.5, 0.6) is 0 Å². The third-order valence-corrected chi connectivity index (χ3v) is 4.21. The first kappa shape index (κ1) is 12.5. The zero-order valence-corrected chi connectivity index (χ0v) is 11.7. The van der Waals surface area contributed by atoms with Gasteiger partial charge in [0.25, 0.3) is 0 Å². The quantitative estimate of drug-likeness (QED) is 0.753. The fraction of sp³-hybridized carbons (Fsp3) is 0.0667. The minimum atomic E-state index is 0.272. The number of pyridine rings is 1. The molecule has 20 heavy (non-hydrogen) atoms. The molecular formula is C15H12N4S. The summed E-state index contributed by atoms with van der Waals surface area (Å²) in [6.07, 6.45) is 3.69. The van der Waals surface area contributed by atoms with Gasteiger partial charge >= 0.3 is 0 Å². The number of hydrogen-bond acceptors (Lipinski definition) is 4. The summed E-state index contributed by atoms with van der Waals surface area (Å²) >= 11 is 1.60. The molecule has 0 aliphatic heterocycles. The van der Waals surface area contributed by atoms with Crippen molar-refractivity contribution in [3.63, 3.8) is 0 Å². The first-order valence-electron chi connectivity index (χ1n) is 6.09. The lowest BCUT2D eigenvalue weighted by atomic mass is 10.0. The molecule has 3 N–H and O–H groups in total. The monoisotopic (exact) mass is 280 g/mol. The molecule has 0 bridgehead atoms. The zero-order chi connectivity index (χ0) is 14.1. The normalized spacial score (nSPS) is 10.4. The number of H-pyrrole nitrogens is 1. The summed E-state index contributed by atoms with van der Waals surface area (Å²) in [5.74, 6) is 0.272. The van der Waals surface area contributed by atoms with E-state index in [1.807, 2.05) is 42.9 Å². The van der Waals surface area contributed by atoms with E-state index in [1.165, 1.54) is 0 Å². The van der Waals surface area contributed by atoms with Crippen LogP contribution in [0.15, 0.2) is 36.0 Å². The molecule has 0 aliphatic carbocycles. The Bertz CT molecular complexity index is 794. The number of nitrogens with two attached hydrogens (primary N) is 1. The molecule has 0 saturated heterocycles. The van der Waals surface area contributed by atoms with E-state index in [9.17, 15) is 5.26 Å². The highest BCUT2D eigenvalue weighted by molar-refractivity contribution is 7.13. The van der Waals surface area contributed by atoms with E-state index in [2.05, 4.69) is 16.0 Å². The van der Waals surface area contributed by atoms with Crippen LogP contribution in [0, 0.1) is 18.3 Å². The first-order chi connectivity index (χ1) is 9.70. The Kier molecular flexibility index (Phi) is 3.01. The van der Waals surface area contributed by atoms with E-state index < -0.39 is 0 Å². The van der Waals surface area contributed by atoms with Gasteiger partial charge in [-0.1, -0.05) is 0 Å². The smallest absolute Gasteiger partial charge is 0.142 e. The lowest BCUT2D eigenvalue weighted by Crippen LogP contribution is -1.99. The van der Waals surface area contributed by atoms with Crippen LogP contribution in [0.4, 0.5) is 5.82 Å². The van der Waals surface area contributed by atoms with Crippen molar-refractivity contribution < 1.29 is 0 Å². The molecule has 0 unspecified atom stereocenters. The van der Waals surface area contributed by atoms with E-state index in [4.69, 9.17) is 5.73 Å². The molecular weight excluding hydrogens is 268 g/mol. The van der Waals surface area contributed by atoms with Gasteiger partial charge in [-0.15, -0.1) is 11.3 Å². The topological polar surface area (TPSA) is 78.5 Å². The van der Waals surface area contributed by atoms with Crippen LogP contribution >= 0.6 is 11.3 Å². The number of thiophene rings is 1. The van der Waals surface area contributed by atoms with Crippen LogP contribution in [0.1, 0.15) is 11.1 Å². The minimum Gasteiger partial charge on any atom is -0.383 e. The summed E-state index contributed by atoms with van der Waals surface area (Å²) in [6.45, 7) is 2.03. The van der Waals surface area contributed by atoms with Crippen LogP contribution in [0.2, 0.25) is 0 Å². The van der Waals surface area contributed by atoms with Gasteiger partial charge in [0.15, 0.2) is 0 Å². The molecule has 98 valence electrons. The van der Waals surface area contributed by atoms with Crippen LogP contribution in [0.25, 0.3) is 21.7 Å². The number of nitrogens with zero attached hydrogens (tertiary/aromatic N) is 2. The first-order valence-corrected chi connectivity index (χ1v) is 6.97. The van der Waals surface area contributed by atoms with Gasteiger partial charge in [-0.25, -0.2) is 4.98 Å². The van der Waals surface area contributed by atoms with Gasteiger partial charge in [0.2, 0.25) is 0 Å². The Labute approximate surface area is 120 Å². The Morgan fingerprint density at radius 3 is 2.85 bits per heavy atom. The third-order valence-electron chi connectivity index (χ3n) is 3.16. The van der Waals surface area contributed by atoms with Gasteiger partial charge in [0.1, 0.15) is 17.5 Å². The molecule has 0 saturated carbocycles. The molecule has 3 aromatic heterocycles. The number of nitriles is 1. The van der Waals surface area contributed by atoms with Crippen molar-refractivity contribution in [3.8, 4) is 27.8 Å². The standard InChI is InChI=1S/C15H12N4S/c1-9-3-5-20-14(9)11-6-13(10-2-4-18-8-10)19-15(17)12(11)7-16/h2-6,8,18H,1H3,(H2,17,19). The second kappa shape index (κ2) is 4.83. The number of aromatic amines is 1. The molecule has 4 nitrogen and oxygen atoms in total. The Balaban J connectivity index is 2.27. The number of nitrogen functional groups attached to an aromatic ring is 1. The van der Waals surface area contributed by atoms with Gasteiger partial charge in [-0.3, -0.25) is 0 Å². The predicted molar refractivity (Wildman–Crippen MR) is 81.2 cm³/mol. The number of aromatic nitrogens is 2.